The van der Waals surface area contributed by atoms with E-state index in [4.69, 9.17) is 4.42 Å². The average Bonchev–Trinajstić information content (AvgIpc) is 3.17. The van der Waals surface area contributed by atoms with Crippen molar-refractivity contribution in [2.45, 2.75) is 32.7 Å². The molecular formula is C18H19N3O3S. The molecule has 0 aliphatic carbocycles. The summed E-state index contributed by atoms with van der Waals surface area (Å²) in [5, 5.41) is 8.82. The van der Waals surface area contributed by atoms with Crippen LogP contribution in [0.4, 0.5) is 5.69 Å². The summed E-state index contributed by atoms with van der Waals surface area (Å²) in [6.45, 7) is 6.03. The molecular weight excluding hydrogens is 338 g/mol. The monoisotopic (exact) mass is 357 g/mol. The summed E-state index contributed by atoms with van der Waals surface area (Å²) in [5.41, 5.74) is 1.64. The zero-order valence-electron chi connectivity index (χ0n) is 14.3. The van der Waals surface area contributed by atoms with Crippen molar-refractivity contribution in [2.24, 2.45) is 0 Å². The van der Waals surface area contributed by atoms with Crippen LogP contribution in [0.1, 0.15) is 26.3 Å². The third-order valence-corrected chi connectivity index (χ3v) is 4.50. The number of amides is 1. The van der Waals surface area contributed by atoms with Gasteiger partial charge in [-0.2, -0.15) is 4.68 Å². The Kier molecular flexibility index (Phi) is 4.59. The summed E-state index contributed by atoms with van der Waals surface area (Å²) in [4.78, 5) is 25.0. The van der Waals surface area contributed by atoms with Gasteiger partial charge in [0.25, 0.3) is 5.89 Å². The molecule has 0 aliphatic heterocycles. The third-order valence-electron chi connectivity index (χ3n) is 3.64. The highest BCUT2D eigenvalue weighted by Crippen LogP contribution is 2.29. The lowest BCUT2D eigenvalue weighted by Gasteiger charge is -2.22. The molecule has 6 nitrogen and oxygen atoms in total. The molecule has 25 heavy (non-hydrogen) atoms. The van der Waals surface area contributed by atoms with Gasteiger partial charge in [-0.05, 0) is 28.5 Å². The van der Waals surface area contributed by atoms with Crippen molar-refractivity contribution < 1.29 is 9.21 Å². The summed E-state index contributed by atoms with van der Waals surface area (Å²) >= 11 is 1.42. The number of hydrogen-bond donors (Lipinski definition) is 1. The van der Waals surface area contributed by atoms with Crippen LogP contribution in [0, 0.1) is 0 Å². The lowest BCUT2D eigenvalue weighted by atomic mass is 9.86. The van der Waals surface area contributed by atoms with Crippen molar-refractivity contribution in [2.75, 3.05) is 5.32 Å². The predicted molar refractivity (Wildman–Crippen MR) is 97.8 cm³/mol. The number of rotatable bonds is 4. The first-order chi connectivity index (χ1) is 11.8. The first kappa shape index (κ1) is 17.2. The molecule has 3 rings (SSSR count). The number of carbonyl (C=O) groups is 1. The molecule has 1 amide bonds. The summed E-state index contributed by atoms with van der Waals surface area (Å²) in [7, 11) is 0. The number of benzene rings is 1. The van der Waals surface area contributed by atoms with Crippen molar-refractivity contribution in [3.63, 3.8) is 0 Å². The molecule has 0 atom stereocenters. The van der Waals surface area contributed by atoms with E-state index in [-0.39, 0.29) is 23.8 Å². The van der Waals surface area contributed by atoms with Gasteiger partial charge in [-0.3, -0.25) is 4.79 Å². The topological polar surface area (TPSA) is 77.1 Å². The van der Waals surface area contributed by atoms with Crippen LogP contribution in [-0.4, -0.2) is 15.7 Å². The van der Waals surface area contributed by atoms with E-state index in [1.165, 1.54) is 11.3 Å². The third kappa shape index (κ3) is 3.88. The summed E-state index contributed by atoms with van der Waals surface area (Å²) in [6, 6.07) is 11.3. The fourth-order valence-electron chi connectivity index (χ4n) is 2.48. The lowest BCUT2D eigenvalue weighted by molar-refractivity contribution is -0.117. The Bertz CT molecular complexity index is 933. The van der Waals surface area contributed by atoms with E-state index in [1.54, 1.807) is 6.07 Å². The van der Waals surface area contributed by atoms with E-state index in [2.05, 4.69) is 31.2 Å². The highest BCUT2D eigenvalue weighted by Gasteiger charge is 2.19. The van der Waals surface area contributed by atoms with Gasteiger partial charge in [0.2, 0.25) is 5.91 Å². The van der Waals surface area contributed by atoms with Gasteiger partial charge in [-0.1, -0.05) is 45.0 Å². The minimum atomic E-state index is -0.650. The minimum absolute atomic E-state index is 0.110. The SMILES string of the molecule is CC(C)(C)c1ccccc1NC(=O)Cn1nc(-c2cccs2)oc1=O. The first-order valence-electron chi connectivity index (χ1n) is 7.86. The fourth-order valence-corrected chi connectivity index (χ4v) is 3.12. The molecule has 0 unspecified atom stereocenters. The smallest absolute Gasteiger partial charge is 0.387 e. The summed E-state index contributed by atoms with van der Waals surface area (Å²) < 4.78 is 6.15. The molecule has 2 heterocycles. The Morgan fingerprint density at radius 2 is 2.00 bits per heavy atom. The van der Waals surface area contributed by atoms with Gasteiger partial charge in [0, 0.05) is 5.69 Å². The van der Waals surface area contributed by atoms with E-state index in [1.807, 2.05) is 35.7 Å². The van der Waals surface area contributed by atoms with Gasteiger partial charge in [0.05, 0.1) is 4.88 Å². The molecule has 3 aromatic rings. The normalized spacial score (nSPS) is 11.5. The van der Waals surface area contributed by atoms with E-state index in [9.17, 15) is 9.59 Å². The Morgan fingerprint density at radius 1 is 1.24 bits per heavy atom. The number of nitrogens with one attached hydrogen (secondary N) is 1. The molecule has 0 radical (unpaired) electrons. The second-order valence-electron chi connectivity index (χ2n) is 6.65. The number of aromatic nitrogens is 2. The van der Waals surface area contributed by atoms with Crippen molar-refractivity contribution in [3.8, 4) is 10.8 Å². The second kappa shape index (κ2) is 6.68. The Balaban J connectivity index is 1.77. The fraction of sp³-hybridized carbons (Fsp3) is 0.278. The molecule has 0 aliphatic rings. The van der Waals surface area contributed by atoms with Crippen LogP contribution in [0.25, 0.3) is 10.8 Å². The Morgan fingerprint density at radius 3 is 2.68 bits per heavy atom. The van der Waals surface area contributed by atoms with Gasteiger partial charge in [-0.15, -0.1) is 16.4 Å². The molecule has 1 N–H and O–H groups in total. The largest absolute Gasteiger partial charge is 0.437 e. The quantitative estimate of drug-likeness (QED) is 0.775. The zero-order chi connectivity index (χ0) is 18.0. The van der Waals surface area contributed by atoms with Crippen molar-refractivity contribution in [1.82, 2.24) is 9.78 Å². The maximum Gasteiger partial charge on any atom is 0.437 e. The number of anilines is 1. The number of carbonyl (C=O) groups excluding carboxylic acids is 1. The van der Waals surface area contributed by atoms with Crippen molar-refractivity contribution in [1.29, 1.82) is 0 Å². The Hall–Kier alpha value is -2.67. The number of thiophene rings is 1. The maximum absolute atomic E-state index is 12.4. The predicted octanol–water partition coefficient (Wildman–Crippen LogP) is 3.50. The first-order valence-corrected chi connectivity index (χ1v) is 8.74. The molecule has 7 heteroatoms. The molecule has 0 saturated heterocycles. The average molecular weight is 357 g/mol. The summed E-state index contributed by atoms with van der Waals surface area (Å²) in [6.07, 6.45) is 0. The molecule has 1 aromatic carbocycles. The number of nitrogens with zero attached hydrogens (tertiary/aromatic N) is 2. The van der Waals surface area contributed by atoms with E-state index in [0.29, 0.717) is 0 Å². The molecule has 130 valence electrons. The van der Waals surface area contributed by atoms with Crippen LogP contribution < -0.4 is 11.1 Å². The highest BCUT2D eigenvalue weighted by atomic mass is 32.1. The number of para-hydroxylation sites is 1. The zero-order valence-corrected chi connectivity index (χ0v) is 15.1. The van der Waals surface area contributed by atoms with Crippen molar-refractivity contribution in [3.05, 3.63) is 57.9 Å². The van der Waals surface area contributed by atoms with Crippen molar-refractivity contribution >= 4 is 22.9 Å². The molecule has 0 fully saturated rings. The number of hydrogen-bond acceptors (Lipinski definition) is 5. The van der Waals surface area contributed by atoms with Gasteiger partial charge >= 0.3 is 5.76 Å². The summed E-state index contributed by atoms with van der Waals surface area (Å²) in [5.74, 6) is -0.754. The maximum atomic E-state index is 12.4. The van der Waals surface area contributed by atoms with E-state index >= 15 is 0 Å². The van der Waals surface area contributed by atoms with Crippen LogP contribution >= 0.6 is 11.3 Å². The van der Waals surface area contributed by atoms with E-state index in [0.717, 1.165) is 20.8 Å². The van der Waals surface area contributed by atoms with Gasteiger partial charge < -0.3 is 9.73 Å². The second-order valence-corrected chi connectivity index (χ2v) is 7.60. The highest BCUT2D eigenvalue weighted by molar-refractivity contribution is 7.13. The van der Waals surface area contributed by atoms with Gasteiger partial charge in [0.1, 0.15) is 6.54 Å². The standard InChI is InChI=1S/C18H19N3O3S/c1-18(2,3)12-7-4-5-8-13(12)19-15(22)11-21-17(23)24-16(20-21)14-9-6-10-25-14/h4-10H,11H2,1-3H3,(H,19,22). The van der Waals surface area contributed by atoms with E-state index < -0.39 is 5.76 Å². The molecule has 0 spiro atoms. The van der Waals surface area contributed by atoms with Crippen LogP contribution in [0.2, 0.25) is 0 Å². The Labute approximate surface area is 149 Å². The van der Waals surface area contributed by atoms with Crippen LogP contribution in [0.5, 0.6) is 0 Å². The van der Waals surface area contributed by atoms with Gasteiger partial charge in [-0.25, -0.2) is 4.79 Å². The lowest BCUT2D eigenvalue weighted by Crippen LogP contribution is -2.27. The van der Waals surface area contributed by atoms with Crippen LogP contribution in [0.15, 0.2) is 51.0 Å². The molecule has 0 saturated carbocycles. The minimum Gasteiger partial charge on any atom is -0.387 e. The van der Waals surface area contributed by atoms with Crippen LogP contribution in [0.3, 0.4) is 0 Å². The van der Waals surface area contributed by atoms with Crippen LogP contribution in [-0.2, 0) is 16.8 Å². The molecule has 0 bridgehead atoms. The molecule has 2 aromatic heterocycles. The van der Waals surface area contributed by atoms with Gasteiger partial charge in [0.15, 0.2) is 0 Å².